The molecule has 0 aliphatic heterocycles. The molecule has 0 aliphatic carbocycles. The van der Waals surface area contributed by atoms with Crippen LogP contribution in [0.5, 0.6) is 5.75 Å². The molecule has 0 aromatic heterocycles. The molecule has 1 aromatic carbocycles. The first kappa shape index (κ1) is 17.2. The molecule has 1 rings (SSSR count). The average molecular weight is 296 g/mol. The molecule has 118 valence electrons. The molecule has 1 aromatic rings. The van der Waals surface area contributed by atoms with Crippen molar-refractivity contribution in [3.8, 4) is 5.75 Å². The molecule has 0 saturated carbocycles. The fourth-order valence-electron chi connectivity index (χ4n) is 1.88. The second kappa shape index (κ2) is 8.46. The minimum Gasteiger partial charge on any atom is -0.494 e. The van der Waals surface area contributed by atoms with Gasteiger partial charge in [0.05, 0.1) is 30.2 Å². The van der Waals surface area contributed by atoms with E-state index in [1.807, 2.05) is 13.8 Å². The van der Waals surface area contributed by atoms with Crippen LogP contribution in [0.1, 0.15) is 27.7 Å². The zero-order chi connectivity index (χ0) is 15.8. The van der Waals surface area contributed by atoms with Gasteiger partial charge < -0.3 is 14.8 Å². The monoisotopic (exact) mass is 296 g/mol. The van der Waals surface area contributed by atoms with E-state index >= 15 is 0 Å². The number of nitrogens with zero attached hydrogens (tertiary/aromatic N) is 1. The molecule has 6 heteroatoms. The standard InChI is InChI=1S/C15H24N2O4/c1-5-20-10-15(11(3)4)16-12-7-13(17(18)19)9-14(8-12)21-6-2/h7-9,11,15-16H,5-6,10H2,1-4H3. The van der Waals surface area contributed by atoms with Crippen LogP contribution in [0.15, 0.2) is 18.2 Å². The highest BCUT2D eigenvalue weighted by Crippen LogP contribution is 2.27. The van der Waals surface area contributed by atoms with Gasteiger partial charge >= 0.3 is 0 Å². The number of nitro groups is 1. The van der Waals surface area contributed by atoms with E-state index in [-0.39, 0.29) is 11.7 Å². The number of ether oxygens (including phenoxy) is 2. The van der Waals surface area contributed by atoms with Crippen LogP contribution in [0.3, 0.4) is 0 Å². The lowest BCUT2D eigenvalue weighted by Crippen LogP contribution is -2.31. The Labute approximate surface area is 125 Å². The van der Waals surface area contributed by atoms with E-state index < -0.39 is 4.92 Å². The molecule has 0 spiro atoms. The Bertz CT molecular complexity index is 463. The number of rotatable bonds is 9. The fraction of sp³-hybridized carbons (Fsp3) is 0.600. The van der Waals surface area contributed by atoms with E-state index in [0.29, 0.717) is 37.2 Å². The van der Waals surface area contributed by atoms with Crippen molar-refractivity contribution in [3.63, 3.8) is 0 Å². The van der Waals surface area contributed by atoms with Crippen LogP contribution in [0.2, 0.25) is 0 Å². The average Bonchev–Trinajstić information content (AvgIpc) is 2.43. The predicted molar refractivity (Wildman–Crippen MR) is 83.0 cm³/mol. The minimum absolute atomic E-state index is 0.0161. The van der Waals surface area contributed by atoms with Gasteiger partial charge in [-0.05, 0) is 19.8 Å². The van der Waals surface area contributed by atoms with Crippen molar-refractivity contribution < 1.29 is 14.4 Å². The van der Waals surface area contributed by atoms with Crippen LogP contribution in [-0.2, 0) is 4.74 Å². The highest BCUT2D eigenvalue weighted by molar-refractivity contribution is 5.56. The molecule has 0 heterocycles. The van der Waals surface area contributed by atoms with Crippen LogP contribution in [0, 0.1) is 16.0 Å². The van der Waals surface area contributed by atoms with Gasteiger partial charge in [0.2, 0.25) is 0 Å². The van der Waals surface area contributed by atoms with E-state index in [0.717, 1.165) is 0 Å². The van der Waals surface area contributed by atoms with Crippen LogP contribution in [-0.4, -0.2) is 30.8 Å². The third kappa shape index (κ3) is 5.59. The summed E-state index contributed by atoms with van der Waals surface area (Å²) < 4.78 is 10.8. The summed E-state index contributed by atoms with van der Waals surface area (Å²) in [6, 6.07) is 4.81. The molecule has 6 nitrogen and oxygen atoms in total. The van der Waals surface area contributed by atoms with E-state index in [9.17, 15) is 10.1 Å². The van der Waals surface area contributed by atoms with Gasteiger partial charge in [-0.1, -0.05) is 13.8 Å². The zero-order valence-corrected chi connectivity index (χ0v) is 13.1. The molecule has 0 fully saturated rings. The van der Waals surface area contributed by atoms with Crippen LogP contribution >= 0.6 is 0 Å². The number of hydrogen-bond donors (Lipinski definition) is 1. The molecule has 0 radical (unpaired) electrons. The summed E-state index contributed by atoms with van der Waals surface area (Å²) in [6.07, 6.45) is 0. The summed E-state index contributed by atoms with van der Waals surface area (Å²) in [4.78, 5) is 10.6. The van der Waals surface area contributed by atoms with E-state index in [2.05, 4.69) is 19.2 Å². The summed E-state index contributed by atoms with van der Waals surface area (Å²) in [5.74, 6) is 0.833. The Morgan fingerprint density at radius 3 is 2.48 bits per heavy atom. The van der Waals surface area contributed by atoms with Gasteiger partial charge in [0, 0.05) is 24.4 Å². The van der Waals surface area contributed by atoms with Crippen molar-refractivity contribution in [1.82, 2.24) is 0 Å². The summed E-state index contributed by atoms with van der Waals surface area (Å²) in [5.41, 5.74) is 0.688. The molecule has 1 N–H and O–H groups in total. The van der Waals surface area contributed by atoms with E-state index in [1.165, 1.54) is 12.1 Å². The molecule has 21 heavy (non-hydrogen) atoms. The lowest BCUT2D eigenvalue weighted by molar-refractivity contribution is -0.384. The summed E-state index contributed by atoms with van der Waals surface area (Å²) in [7, 11) is 0. The smallest absolute Gasteiger partial charge is 0.275 e. The van der Waals surface area contributed by atoms with Gasteiger partial charge in [0.1, 0.15) is 5.75 Å². The highest BCUT2D eigenvalue weighted by atomic mass is 16.6. The second-order valence-electron chi connectivity index (χ2n) is 5.06. The third-order valence-electron chi connectivity index (χ3n) is 3.07. The lowest BCUT2D eigenvalue weighted by Gasteiger charge is -2.23. The largest absolute Gasteiger partial charge is 0.494 e. The number of anilines is 1. The van der Waals surface area contributed by atoms with Gasteiger partial charge in [-0.3, -0.25) is 10.1 Å². The number of nitro benzene ring substituents is 1. The van der Waals surface area contributed by atoms with E-state index in [4.69, 9.17) is 9.47 Å². The van der Waals surface area contributed by atoms with Crippen molar-refractivity contribution in [2.75, 3.05) is 25.1 Å². The first-order valence-electron chi connectivity index (χ1n) is 7.24. The first-order valence-corrected chi connectivity index (χ1v) is 7.24. The molecule has 0 saturated heterocycles. The van der Waals surface area contributed by atoms with Crippen LogP contribution in [0.25, 0.3) is 0 Å². The number of hydrogen-bond acceptors (Lipinski definition) is 5. The van der Waals surface area contributed by atoms with Crippen LogP contribution in [0.4, 0.5) is 11.4 Å². The topological polar surface area (TPSA) is 73.6 Å². The molecule has 1 atom stereocenters. The maximum absolute atomic E-state index is 11.0. The second-order valence-corrected chi connectivity index (χ2v) is 5.06. The first-order chi connectivity index (χ1) is 9.97. The van der Waals surface area contributed by atoms with Crippen molar-refractivity contribution in [1.29, 1.82) is 0 Å². The SMILES string of the molecule is CCOCC(Nc1cc(OCC)cc([N+](=O)[O-])c1)C(C)C. The Morgan fingerprint density at radius 1 is 1.24 bits per heavy atom. The molecule has 0 amide bonds. The van der Waals surface area contributed by atoms with Gasteiger partial charge in [-0.15, -0.1) is 0 Å². The fourth-order valence-corrected chi connectivity index (χ4v) is 1.88. The Hall–Kier alpha value is -1.82. The quantitative estimate of drug-likeness (QED) is 0.558. The molecule has 0 aliphatic rings. The number of nitrogens with one attached hydrogen (secondary N) is 1. The molecule has 1 unspecified atom stereocenters. The molecular weight excluding hydrogens is 272 g/mol. The Kier molecular flexibility index (Phi) is 6.94. The number of non-ortho nitro benzene ring substituents is 1. The molecule has 0 bridgehead atoms. The lowest BCUT2D eigenvalue weighted by atomic mass is 10.0. The van der Waals surface area contributed by atoms with Crippen molar-refractivity contribution in [2.45, 2.75) is 33.7 Å². The highest BCUT2D eigenvalue weighted by Gasteiger charge is 2.16. The van der Waals surface area contributed by atoms with Crippen molar-refractivity contribution >= 4 is 11.4 Å². The predicted octanol–water partition coefficient (Wildman–Crippen LogP) is 3.47. The summed E-state index contributed by atoms with van der Waals surface area (Å²) >= 11 is 0. The zero-order valence-electron chi connectivity index (χ0n) is 13.1. The minimum atomic E-state index is -0.416. The molecular formula is C15H24N2O4. The van der Waals surface area contributed by atoms with Gasteiger partial charge in [0.25, 0.3) is 5.69 Å². The maximum Gasteiger partial charge on any atom is 0.275 e. The summed E-state index contributed by atoms with van der Waals surface area (Å²) in [5, 5.41) is 14.3. The van der Waals surface area contributed by atoms with Crippen molar-refractivity contribution in [3.05, 3.63) is 28.3 Å². The van der Waals surface area contributed by atoms with E-state index in [1.54, 1.807) is 6.07 Å². The van der Waals surface area contributed by atoms with Crippen LogP contribution < -0.4 is 10.1 Å². The maximum atomic E-state index is 11.0. The Balaban J connectivity index is 2.95. The van der Waals surface area contributed by atoms with Crippen molar-refractivity contribution in [2.24, 2.45) is 5.92 Å². The van der Waals surface area contributed by atoms with Gasteiger partial charge in [0.15, 0.2) is 0 Å². The normalized spacial score (nSPS) is 12.2. The van der Waals surface area contributed by atoms with Gasteiger partial charge in [-0.25, -0.2) is 0 Å². The Morgan fingerprint density at radius 2 is 1.95 bits per heavy atom. The number of benzene rings is 1. The van der Waals surface area contributed by atoms with Gasteiger partial charge in [-0.2, -0.15) is 0 Å². The third-order valence-corrected chi connectivity index (χ3v) is 3.07. The summed E-state index contributed by atoms with van der Waals surface area (Å²) in [6.45, 7) is 9.61.